The molecule has 0 amide bonds. The Bertz CT molecular complexity index is 211. The fourth-order valence-corrected chi connectivity index (χ4v) is 0.783. The average molecular weight is 161 g/mol. The summed E-state index contributed by atoms with van der Waals surface area (Å²) in [6.07, 6.45) is 3.23. The molecule has 0 fully saturated rings. The van der Waals surface area contributed by atoms with Gasteiger partial charge in [-0.1, -0.05) is 11.6 Å². The van der Waals surface area contributed by atoms with Crippen molar-refractivity contribution in [3.8, 4) is 0 Å². The molecule has 1 aromatic rings. The molecular weight excluding hydrogens is 152 g/mol. The molecule has 0 saturated carbocycles. The van der Waals surface area contributed by atoms with E-state index < -0.39 is 0 Å². The topological polar surface area (TPSA) is 38.0 Å². The number of rotatable bonds is 2. The highest BCUT2D eigenvalue weighted by molar-refractivity contribution is 6.30. The molecule has 0 aliphatic carbocycles. The van der Waals surface area contributed by atoms with Crippen molar-refractivity contribution >= 4 is 11.6 Å². The second kappa shape index (κ2) is 3.03. The Labute approximate surface area is 64.2 Å². The van der Waals surface area contributed by atoms with Crippen molar-refractivity contribution in [1.82, 2.24) is 9.78 Å². The molecule has 0 aromatic carbocycles. The van der Waals surface area contributed by atoms with Gasteiger partial charge in [0, 0.05) is 6.20 Å². The van der Waals surface area contributed by atoms with E-state index >= 15 is 0 Å². The zero-order valence-electron chi connectivity index (χ0n) is 5.66. The van der Waals surface area contributed by atoms with E-state index in [0.29, 0.717) is 5.02 Å². The number of hydrogen-bond donors (Lipinski definition) is 1. The lowest BCUT2D eigenvalue weighted by molar-refractivity contribution is 0.230. The number of nitrogens with zero attached hydrogens (tertiary/aromatic N) is 2. The highest BCUT2D eigenvalue weighted by Crippen LogP contribution is 2.09. The smallest absolute Gasteiger partial charge is 0.0785 e. The average Bonchev–Trinajstić information content (AvgIpc) is 2.34. The second-order valence-corrected chi connectivity index (χ2v) is 2.61. The van der Waals surface area contributed by atoms with Gasteiger partial charge in [0.15, 0.2) is 0 Å². The van der Waals surface area contributed by atoms with Crippen molar-refractivity contribution < 1.29 is 5.11 Å². The van der Waals surface area contributed by atoms with Gasteiger partial charge in [-0.05, 0) is 6.92 Å². The fourth-order valence-electron chi connectivity index (χ4n) is 0.640. The Morgan fingerprint density at radius 1 is 1.90 bits per heavy atom. The van der Waals surface area contributed by atoms with Gasteiger partial charge >= 0.3 is 0 Å². The lowest BCUT2D eigenvalue weighted by atomic mass is 10.4. The van der Waals surface area contributed by atoms with Gasteiger partial charge in [-0.25, -0.2) is 0 Å². The van der Waals surface area contributed by atoms with Gasteiger partial charge in [-0.3, -0.25) is 4.68 Å². The Kier molecular flexibility index (Phi) is 2.29. The molecule has 0 spiro atoms. The lowest BCUT2D eigenvalue weighted by Crippen LogP contribution is -2.09. The zero-order valence-corrected chi connectivity index (χ0v) is 6.41. The first kappa shape index (κ1) is 7.57. The summed E-state index contributed by atoms with van der Waals surface area (Å²) in [7, 11) is 0. The molecular formula is C6H9ClN2O. The van der Waals surface area contributed by atoms with Crippen molar-refractivity contribution in [1.29, 1.82) is 0 Å². The van der Waals surface area contributed by atoms with Gasteiger partial charge in [0.2, 0.25) is 0 Å². The SMILES string of the molecule is CC(CO)n1cc(Cl)cn1. The van der Waals surface area contributed by atoms with E-state index in [1.165, 1.54) is 0 Å². The van der Waals surface area contributed by atoms with Gasteiger partial charge < -0.3 is 5.11 Å². The van der Waals surface area contributed by atoms with Crippen molar-refractivity contribution in [2.45, 2.75) is 13.0 Å². The van der Waals surface area contributed by atoms with E-state index in [1.54, 1.807) is 17.1 Å². The van der Waals surface area contributed by atoms with Crippen molar-refractivity contribution in [3.63, 3.8) is 0 Å². The van der Waals surface area contributed by atoms with Crippen molar-refractivity contribution in [2.75, 3.05) is 6.61 Å². The summed E-state index contributed by atoms with van der Waals surface area (Å²) >= 11 is 5.60. The van der Waals surface area contributed by atoms with Gasteiger partial charge in [-0.15, -0.1) is 0 Å². The molecule has 4 heteroatoms. The van der Waals surface area contributed by atoms with Gasteiger partial charge in [0.25, 0.3) is 0 Å². The summed E-state index contributed by atoms with van der Waals surface area (Å²) in [6.45, 7) is 1.95. The van der Waals surface area contributed by atoms with Crippen LogP contribution >= 0.6 is 11.6 Å². The summed E-state index contributed by atoms with van der Waals surface area (Å²) in [4.78, 5) is 0. The molecule has 0 radical (unpaired) electrons. The largest absolute Gasteiger partial charge is 0.394 e. The first-order chi connectivity index (χ1) is 4.74. The fraction of sp³-hybridized carbons (Fsp3) is 0.500. The molecule has 1 rings (SSSR count). The third-order valence-electron chi connectivity index (χ3n) is 1.29. The minimum absolute atomic E-state index is 0.00694. The number of aliphatic hydroxyl groups excluding tert-OH is 1. The monoisotopic (exact) mass is 160 g/mol. The molecule has 1 aromatic heterocycles. The molecule has 1 heterocycles. The van der Waals surface area contributed by atoms with Crippen LogP contribution in [-0.4, -0.2) is 21.5 Å². The van der Waals surface area contributed by atoms with Gasteiger partial charge in [0.05, 0.1) is 23.9 Å². The summed E-state index contributed by atoms with van der Waals surface area (Å²) in [6, 6.07) is 0.00694. The number of aromatic nitrogens is 2. The van der Waals surface area contributed by atoms with E-state index in [1.807, 2.05) is 6.92 Å². The summed E-state index contributed by atoms with van der Waals surface area (Å²) in [5.41, 5.74) is 0. The van der Waals surface area contributed by atoms with E-state index in [2.05, 4.69) is 5.10 Å². The van der Waals surface area contributed by atoms with Crippen LogP contribution in [0.3, 0.4) is 0 Å². The first-order valence-corrected chi connectivity index (χ1v) is 3.42. The number of halogens is 1. The predicted molar refractivity (Wildman–Crippen MR) is 39.0 cm³/mol. The zero-order chi connectivity index (χ0) is 7.56. The van der Waals surface area contributed by atoms with Crippen LogP contribution in [0.25, 0.3) is 0 Å². The Morgan fingerprint density at radius 2 is 2.60 bits per heavy atom. The van der Waals surface area contributed by atoms with Crippen LogP contribution in [0.4, 0.5) is 0 Å². The Morgan fingerprint density at radius 3 is 3.00 bits per heavy atom. The molecule has 0 saturated heterocycles. The number of aliphatic hydroxyl groups is 1. The molecule has 1 atom stereocenters. The molecule has 0 aliphatic heterocycles. The molecule has 0 aliphatic rings. The maximum atomic E-state index is 8.69. The summed E-state index contributed by atoms with van der Waals surface area (Å²) < 4.78 is 1.63. The maximum Gasteiger partial charge on any atom is 0.0785 e. The van der Waals surface area contributed by atoms with Crippen LogP contribution in [0.15, 0.2) is 12.4 Å². The normalized spacial score (nSPS) is 13.5. The predicted octanol–water partition coefficient (Wildman–Crippen LogP) is 1.09. The minimum atomic E-state index is 0.00694. The molecule has 3 nitrogen and oxygen atoms in total. The molecule has 1 N–H and O–H groups in total. The maximum absolute atomic E-state index is 8.69. The van der Waals surface area contributed by atoms with Crippen LogP contribution in [-0.2, 0) is 0 Å². The third-order valence-corrected chi connectivity index (χ3v) is 1.48. The standard InChI is InChI=1S/C6H9ClN2O/c1-5(4-10)9-3-6(7)2-8-9/h2-3,5,10H,4H2,1H3. The first-order valence-electron chi connectivity index (χ1n) is 3.04. The molecule has 1 unspecified atom stereocenters. The highest BCUT2D eigenvalue weighted by atomic mass is 35.5. The second-order valence-electron chi connectivity index (χ2n) is 2.17. The minimum Gasteiger partial charge on any atom is -0.394 e. The highest BCUT2D eigenvalue weighted by Gasteiger charge is 2.02. The van der Waals surface area contributed by atoms with Crippen molar-refractivity contribution in [2.24, 2.45) is 0 Å². The molecule has 10 heavy (non-hydrogen) atoms. The summed E-state index contributed by atoms with van der Waals surface area (Å²) in [5.74, 6) is 0. The molecule has 56 valence electrons. The van der Waals surface area contributed by atoms with E-state index in [9.17, 15) is 0 Å². The summed E-state index contributed by atoms with van der Waals surface area (Å²) in [5, 5.41) is 13.2. The lowest BCUT2D eigenvalue weighted by Gasteiger charge is -2.06. The van der Waals surface area contributed by atoms with Gasteiger partial charge in [-0.2, -0.15) is 5.10 Å². The van der Waals surface area contributed by atoms with Crippen LogP contribution in [0.1, 0.15) is 13.0 Å². The number of hydrogen-bond acceptors (Lipinski definition) is 2. The van der Waals surface area contributed by atoms with E-state index in [-0.39, 0.29) is 12.6 Å². The Hall–Kier alpha value is -0.540. The van der Waals surface area contributed by atoms with Gasteiger partial charge in [0.1, 0.15) is 0 Å². The van der Waals surface area contributed by atoms with Crippen molar-refractivity contribution in [3.05, 3.63) is 17.4 Å². The quantitative estimate of drug-likeness (QED) is 0.704. The Balaban J connectivity index is 2.74. The van der Waals surface area contributed by atoms with E-state index in [4.69, 9.17) is 16.7 Å². The van der Waals surface area contributed by atoms with Crippen LogP contribution < -0.4 is 0 Å². The van der Waals surface area contributed by atoms with Crippen LogP contribution in [0.5, 0.6) is 0 Å². The molecule has 0 bridgehead atoms. The van der Waals surface area contributed by atoms with Crippen LogP contribution in [0, 0.1) is 0 Å². The third kappa shape index (κ3) is 1.49. The van der Waals surface area contributed by atoms with Crippen LogP contribution in [0.2, 0.25) is 5.02 Å². The van der Waals surface area contributed by atoms with E-state index in [0.717, 1.165) is 0 Å².